The lowest BCUT2D eigenvalue weighted by molar-refractivity contribution is -0.275. The molecule has 0 fully saturated rings. The molecular weight excluding hydrogens is 309 g/mol. The Morgan fingerprint density at radius 1 is 0.957 bits per heavy atom. The van der Waals surface area contributed by atoms with Crippen LogP contribution in [0.4, 0.5) is 19.0 Å². The Labute approximate surface area is 128 Å². The Hall–Kier alpha value is -2.96. The Balaban J connectivity index is 2.06. The number of nitrogens with zero attached hydrogens (tertiary/aromatic N) is 1. The van der Waals surface area contributed by atoms with Gasteiger partial charge in [0.1, 0.15) is 5.82 Å². The van der Waals surface area contributed by atoms with Crippen LogP contribution in [0.15, 0.2) is 48.7 Å². The number of phenolic OH excluding ortho intramolecular Hbond substituents is 1. The number of pyridine rings is 1. The van der Waals surface area contributed by atoms with E-state index in [1.165, 1.54) is 6.07 Å². The van der Waals surface area contributed by atoms with Gasteiger partial charge in [0, 0.05) is 11.6 Å². The molecule has 118 valence electrons. The summed E-state index contributed by atoms with van der Waals surface area (Å²) in [5.41, 5.74) is 6.77. The number of nitrogen functional groups attached to an aromatic ring is 1. The van der Waals surface area contributed by atoms with Crippen LogP contribution in [0.5, 0.6) is 11.5 Å². The van der Waals surface area contributed by atoms with Crippen LogP contribution in [0.2, 0.25) is 0 Å². The fourth-order valence-corrected chi connectivity index (χ4v) is 2.24. The average Bonchev–Trinajstić information content (AvgIpc) is 2.47. The van der Waals surface area contributed by atoms with Gasteiger partial charge in [0.15, 0.2) is 11.5 Å². The molecule has 0 unspecified atom stereocenters. The van der Waals surface area contributed by atoms with Gasteiger partial charge >= 0.3 is 6.36 Å². The molecule has 0 bridgehead atoms. The van der Waals surface area contributed by atoms with Crippen molar-refractivity contribution in [2.24, 2.45) is 0 Å². The molecule has 2 aromatic carbocycles. The zero-order chi connectivity index (χ0) is 16.6. The van der Waals surface area contributed by atoms with E-state index >= 15 is 0 Å². The molecule has 1 aromatic heterocycles. The van der Waals surface area contributed by atoms with Crippen molar-refractivity contribution in [2.45, 2.75) is 6.36 Å². The van der Waals surface area contributed by atoms with Crippen molar-refractivity contribution < 1.29 is 23.0 Å². The molecule has 3 aromatic rings. The Morgan fingerprint density at radius 2 is 1.65 bits per heavy atom. The summed E-state index contributed by atoms with van der Waals surface area (Å²) in [6.45, 7) is 0. The van der Waals surface area contributed by atoms with Gasteiger partial charge in [-0.3, -0.25) is 0 Å². The molecule has 0 saturated heterocycles. The van der Waals surface area contributed by atoms with Crippen molar-refractivity contribution in [3.05, 3.63) is 48.7 Å². The van der Waals surface area contributed by atoms with Crippen molar-refractivity contribution in [1.82, 2.24) is 4.98 Å². The largest absolute Gasteiger partial charge is 0.573 e. The van der Waals surface area contributed by atoms with Crippen LogP contribution < -0.4 is 10.5 Å². The number of anilines is 1. The van der Waals surface area contributed by atoms with E-state index in [2.05, 4.69) is 9.72 Å². The van der Waals surface area contributed by atoms with Gasteiger partial charge in [-0.15, -0.1) is 13.2 Å². The summed E-state index contributed by atoms with van der Waals surface area (Å²) in [6, 6.07) is 10.8. The number of phenols is 1. The number of nitrogens with two attached hydrogens (primary N) is 1. The molecule has 0 saturated carbocycles. The third-order valence-electron chi connectivity index (χ3n) is 3.26. The van der Waals surface area contributed by atoms with Crippen molar-refractivity contribution in [3.8, 4) is 22.6 Å². The van der Waals surface area contributed by atoms with Crippen LogP contribution in [0, 0.1) is 0 Å². The minimum atomic E-state index is -4.88. The maximum absolute atomic E-state index is 12.4. The van der Waals surface area contributed by atoms with Gasteiger partial charge in [0.2, 0.25) is 0 Å². The molecule has 7 heteroatoms. The normalized spacial score (nSPS) is 11.6. The van der Waals surface area contributed by atoms with Gasteiger partial charge < -0.3 is 15.6 Å². The van der Waals surface area contributed by atoms with E-state index in [1.54, 1.807) is 30.5 Å². The number of alkyl halides is 3. The quantitative estimate of drug-likeness (QED) is 0.746. The van der Waals surface area contributed by atoms with Gasteiger partial charge in [-0.05, 0) is 40.8 Å². The molecule has 0 amide bonds. The van der Waals surface area contributed by atoms with E-state index in [0.717, 1.165) is 22.9 Å². The number of benzene rings is 2. The second-order valence-electron chi connectivity index (χ2n) is 4.90. The third-order valence-corrected chi connectivity index (χ3v) is 3.26. The maximum Gasteiger partial charge on any atom is 0.573 e. The lowest BCUT2D eigenvalue weighted by Gasteiger charge is -2.12. The Morgan fingerprint density at radius 3 is 2.39 bits per heavy atom. The maximum atomic E-state index is 12.4. The van der Waals surface area contributed by atoms with Crippen LogP contribution in [-0.4, -0.2) is 16.5 Å². The lowest BCUT2D eigenvalue weighted by Crippen LogP contribution is -2.17. The van der Waals surface area contributed by atoms with E-state index in [4.69, 9.17) is 5.73 Å². The Bertz CT molecular complexity index is 879. The highest BCUT2D eigenvalue weighted by atomic mass is 19.4. The van der Waals surface area contributed by atoms with Crippen molar-refractivity contribution >= 4 is 16.6 Å². The minimum Gasteiger partial charge on any atom is -0.504 e. The first-order chi connectivity index (χ1) is 10.8. The van der Waals surface area contributed by atoms with E-state index in [-0.39, 0.29) is 0 Å². The summed E-state index contributed by atoms with van der Waals surface area (Å²) < 4.78 is 40.9. The molecule has 4 nitrogen and oxygen atoms in total. The monoisotopic (exact) mass is 320 g/mol. The number of fused-ring (bicyclic) bond motifs is 1. The van der Waals surface area contributed by atoms with Gasteiger partial charge in [-0.25, -0.2) is 4.98 Å². The summed E-state index contributed by atoms with van der Waals surface area (Å²) in [6.07, 6.45) is -3.26. The number of hydrogen-bond acceptors (Lipinski definition) is 4. The topological polar surface area (TPSA) is 68.4 Å². The van der Waals surface area contributed by atoms with Gasteiger partial charge in [0.25, 0.3) is 0 Å². The highest BCUT2D eigenvalue weighted by molar-refractivity contribution is 5.88. The van der Waals surface area contributed by atoms with Crippen molar-refractivity contribution in [3.63, 3.8) is 0 Å². The molecule has 0 atom stereocenters. The fraction of sp³-hybridized carbons (Fsp3) is 0.0625. The van der Waals surface area contributed by atoms with Crippen LogP contribution in [0.1, 0.15) is 0 Å². The first-order valence-corrected chi connectivity index (χ1v) is 6.56. The molecule has 0 aliphatic rings. The van der Waals surface area contributed by atoms with E-state index in [9.17, 15) is 18.3 Å². The summed E-state index contributed by atoms with van der Waals surface area (Å²) in [4.78, 5) is 3.98. The third kappa shape index (κ3) is 3.28. The van der Waals surface area contributed by atoms with Crippen LogP contribution >= 0.6 is 0 Å². The summed E-state index contributed by atoms with van der Waals surface area (Å²) in [5.74, 6) is -0.883. The van der Waals surface area contributed by atoms with Crippen molar-refractivity contribution in [1.29, 1.82) is 0 Å². The molecule has 0 spiro atoms. The molecule has 0 radical (unpaired) electrons. The van der Waals surface area contributed by atoms with E-state index in [0.29, 0.717) is 16.9 Å². The molecule has 3 rings (SSSR count). The predicted octanol–water partition coefficient (Wildman–Crippen LogP) is 4.09. The fourth-order valence-electron chi connectivity index (χ4n) is 2.24. The number of rotatable bonds is 2. The standard InChI is InChI=1S/C16H11F3N2O2/c17-16(18,19)23-14-6-10(3-4-13(14)22)9-1-2-11-8-21-15(20)7-12(11)5-9/h1-8,22H,(H2,20,21). The van der Waals surface area contributed by atoms with Crippen LogP contribution in [0.3, 0.4) is 0 Å². The zero-order valence-electron chi connectivity index (χ0n) is 11.6. The molecule has 0 aliphatic carbocycles. The van der Waals surface area contributed by atoms with Crippen LogP contribution in [-0.2, 0) is 0 Å². The number of aromatic hydroxyl groups is 1. The first-order valence-electron chi connectivity index (χ1n) is 6.56. The van der Waals surface area contributed by atoms with Gasteiger partial charge in [-0.2, -0.15) is 0 Å². The summed E-state index contributed by atoms with van der Waals surface area (Å²) in [7, 11) is 0. The highest BCUT2D eigenvalue weighted by Crippen LogP contribution is 2.36. The Kier molecular flexibility index (Phi) is 3.48. The first kappa shape index (κ1) is 15.0. The van der Waals surface area contributed by atoms with Gasteiger partial charge in [0.05, 0.1) is 0 Å². The summed E-state index contributed by atoms with van der Waals surface area (Å²) in [5, 5.41) is 11.2. The van der Waals surface area contributed by atoms with Crippen molar-refractivity contribution in [2.75, 3.05) is 5.73 Å². The van der Waals surface area contributed by atoms with Crippen LogP contribution in [0.25, 0.3) is 21.9 Å². The number of hydrogen-bond donors (Lipinski definition) is 2. The lowest BCUT2D eigenvalue weighted by atomic mass is 10.0. The average molecular weight is 320 g/mol. The van der Waals surface area contributed by atoms with Gasteiger partial charge in [-0.1, -0.05) is 18.2 Å². The molecule has 3 N–H and O–H groups in total. The molecule has 23 heavy (non-hydrogen) atoms. The zero-order valence-corrected chi connectivity index (χ0v) is 11.6. The summed E-state index contributed by atoms with van der Waals surface area (Å²) >= 11 is 0. The second kappa shape index (κ2) is 5.35. The number of ether oxygens (including phenoxy) is 1. The number of aromatic nitrogens is 1. The minimum absolute atomic E-state index is 0.349. The number of halogens is 3. The smallest absolute Gasteiger partial charge is 0.504 e. The van der Waals surface area contributed by atoms with E-state index in [1.807, 2.05) is 0 Å². The highest BCUT2D eigenvalue weighted by Gasteiger charge is 2.32. The van der Waals surface area contributed by atoms with E-state index < -0.39 is 17.9 Å². The molecular formula is C16H11F3N2O2. The second-order valence-corrected chi connectivity index (χ2v) is 4.90. The molecule has 1 heterocycles. The predicted molar refractivity (Wildman–Crippen MR) is 79.9 cm³/mol. The molecule has 0 aliphatic heterocycles. The SMILES string of the molecule is Nc1cc2cc(-c3ccc(O)c(OC(F)(F)F)c3)ccc2cn1.